The summed E-state index contributed by atoms with van der Waals surface area (Å²) >= 11 is 0. The maximum atomic E-state index is 11.1. The summed E-state index contributed by atoms with van der Waals surface area (Å²) in [6.07, 6.45) is 0. The lowest BCUT2D eigenvalue weighted by molar-refractivity contribution is 0.0894. The summed E-state index contributed by atoms with van der Waals surface area (Å²) in [5, 5.41) is 20.1. The van der Waals surface area contributed by atoms with Crippen molar-refractivity contribution in [1.29, 1.82) is 5.26 Å². The van der Waals surface area contributed by atoms with Crippen molar-refractivity contribution >= 4 is 0 Å². The lowest BCUT2D eigenvalue weighted by Crippen LogP contribution is -2.36. The zero-order chi connectivity index (χ0) is 14.2. The number of fused-ring (bicyclic) bond motifs is 2. The molecule has 1 atom stereocenters. The number of ether oxygens (including phenoxy) is 1. The maximum Gasteiger partial charge on any atom is 0.131 e. The van der Waals surface area contributed by atoms with E-state index in [9.17, 15) is 5.11 Å². The maximum absolute atomic E-state index is 11.1. The van der Waals surface area contributed by atoms with Crippen LogP contribution in [0.15, 0.2) is 42.5 Å². The molecular formula is C16H14N2O2. The Morgan fingerprint density at radius 1 is 1.25 bits per heavy atom. The summed E-state index contributed by atoms with van der Waals surface area (Å²) in [4.78, 5) is 0. The summed E-state index contributed by atoms with van der Waals surface area (Å²) in [5.74, 6) is 0.621. The van der Waals surface area contributed by atoms with Crippen molar-refractivity contribution in [2.75, 3.05) is 6.54 Å². The summed E-state index contributed by atoms with van der Waals surface area (Å²) in [6.45, 7) is 0.371. The molecule has 0 bridgehead atoms. The predicted molar refractivity (Wildman–Crippen MR) is 74.0 cm³/mol. The van der Waals surface area contributed by atoms with Crippen LogP contribution in [-0.4, -0.2) is 11.7 Å². The third kappa shape index (κ3) is 1.76. The van der Waals surface area contributed by atoms with Gasteiger partial charge in [-0.1, -0.05) is 24.3 Å². The molecule has 2 aromatic carbocycles. The lowest BCUT2D eigenvalue weighted by Gasteiger charge is -2.28. The molecule has 1 heterocycles. The first-order valence-electron chi connectivity index (χ1n) is 6.37. The van der Waals surface area contributed by atoms with E-state index in [1.165, 1.54) is 0 Å². The molecule has 0 saturated heterocycles. The van der Waals surface area contributed by atoms with Gasteiger partial charge in [-0.3, -0.25) is 0 Å². The van der Waals surface area contributed by atoms with Crippen LogP contribution in [0.2, 0.25) is 0 Å². The molecule has 20 heavy (non-hydrogen) atoms. The van der Waals surface area contributed by atoms with Crippen molar-refractivity contribution < 1.29 is 9.84 Å². The molecule has 4 nitrogen and oxygen atoms in total. The number of nitrogens with zero attached hydrogens (tertiary/aromatic N) is 1. The number of aliphatic hydroxyl groups is 1. The van der Waals surface area contributed by atoms with Crippen LogP contribution in [0.25, 0.3) is 0 Å². The van der Waals surface area contributed by atoms with Gasteiger partial charge >= 0.3 is 0 Å². The second-order valence-electron chi connectivity index (χ2n) is 4.83. The summed E-state index contributed by atoms with van der Waals surface area (Å²) in [5.41, 5.74) is 7.12. The molecule has 1 aliphatic heterocycles. The molecule has 1 aliphatic rings. The van der Waals surface area contributed by atoms with E-state index >= 15 is 0 Å². The number of para-hydroxylation sites is 1. The van der Waals surface area contributed by atoms with Crippen molar-refractivity contribution in [2.45, 2.75) is 12.2 Å². The minimum Gasteiger partial charge on any atom is -0.488 e. The molecule has 1 unspecified atom stereocenters. The third-order valence-corrected chi connectivity index (χ3v) is 3.70. The van der Waals surface area contributed by atoms with E-state index in [1.54, 1.807) is 24.3 Å². The van der Waals surface area contributed by atoms with Gasteiger partial charge in [-0.2, -0.15) is 5.26 Å². The topological polar surface area (TPSA) is 79.3 Å². The molecule has 0 spiro atoms. The Hall–Kier alpha value is -2.35. The molecule has 0 radical (unpaired) electrons. The van der Waals surface area contributed by atoms with E-state index < -0.39 is 5.60 Å². The van der Waals surface area contributed by atoms with Crippen LogP contribution < -0.4 is 10.5 Å². The van der Waals surface area contributed by atoms with Gasteiger partial charge in [-0.25, -0.2) is 0 Å². The van der Waals surface area contributed by atoms with Gasteiger partial charge < -0.3 is 15.6 Å². The van der Waals surface area contributed by atoms with Gasteiger partial charge in [0.05, 0.1) is 11.6 Å². The number of benzene rings is 2. The lowest BCUT2D eigenvalue weighted by atomic mass is 9.83. The van der Waals surface area contributed by atoms with Gasteiger partial charge in [-0.15, -0.1) is 0 Å². The summed E-state index contributed by atoms with van der Waals surface area (Å²) < 4.78 is 5.75. The highest BCUT2D eigenvalue weighted by Gasteiger charge is 2.37. The Balaban J connectivity index is 2.29. The quantitative estimate of drug-likeness (QED) is 0.822. The fraction of sp³-hybridized carbons (Fsp3) is 0.188. The predicted octanol–water partition coefficient (Wildman–Crippen LogP) is 1.65. The summed E-state index contributed by atoms with van der Waals surface area (Å²) in [6, 6.07) is 14.6. The van der Waals surface area contributed by atoms with E-state index in [1.807, 2.05) is 18.2 Å². The first-order chi connectivity index (χ1) is 9.69. The van der Waals surface area contributed by atoms with E-state index in [0.717, 1.165) is 5.56 Å². The highest BCUT2D eigenvalue weighted by Crippen LogP contribution is 2.40. The van der Waals surface area contributed by atoms with Gasteiger partial charge in [0.25, 0.3) is 0 Å². The molecule has 3 rings (SSSR count). The van der Waals surface area contributed by atoms with Crippen LogP contribution in [0.4, 0.5) is 0 Å². The molecule has 100 valence electrons. The van der Waals surface area contributed by atoms with Gasteiger partial charge in [0.2, 0.25) is 0 Å². The van der Waals surface area contributed by atoms with E-state index in [4.69, 9.17) is 15.7 Å². The fourth-order valence-corrected chi connectivity index (χ4v) is 2.61. The smallest absolute Gasteiger partial charge is 0.131 e. The monoisotopic (exact) mass is 266 g/mol. The van der Waals surface area contributed by atoms with Crippen LogP contribution in [0.5, 0.6) is 5.75 Å². The van der Waals surface area contributed by atoms with Gasteiger partial charge in [-0.05, 0) is 29.3 Å². The fourth-order valence-electron chi connectivity index (χ4n) is 2.61. The van der Waals surface area contributed by atoms with Crippen LogP contribution in [-0.2, 0) is 12.2 Å². The number of nitriles is 1. The molecule has 3 N–H and O–H groups in total. The largest absolute Gasteiger partial charge is 0.488 e. The second-order valence-corrected chi connectivity index (χ2v) is 4.83. The minimum absolute atomic E-state index is 0.0231. The van der Waals surface area contributed by atoms with Gasteiger partial charge in [0.1, 0.15) is 18.0 Å². The number of rotatable bonds is 1. The van der Waals surface area contributed by atoms with Crippen molar-refractivity contribution in [3.63, 3.8) is 0 Å². The molecular weight excluding hydrogens is 252 g/mol. The standard InChI is InChI=1S/C16H14N2O2/c17-8-11-5-6-12-9-20-15-4-2-1-3-13(15)16(19,10-18)14(12)7-11/h1-7,19H,9-10,18H2. The molecule has 2 aromatic rings. The first-order valence-corrected chi connectivity index (χ1v) is 6.37. The zero-order valence-corrected chi connectivity index (χ0v) is 10.8. The van der Waals surface area contributed by atoms with Crippen LogP contribution in [0, 0.1) is 11.3 Å². The Kier molecular flexibility index (Phi) is 2.94. The molecule has 0 saturated carbocycles. The number of hydrogen-bond acceptors (Lipinski definition) is 4. The zero-order valence-electron chi connectivity index (χ0n) is 10.8. The molecule has 0 aliphatic carbocycles. The Labute approximate surface area is 117 Å². The SMILES string of the molecule is N#Cc1ccc2c(c1)C(O)(CN)c1ccccc1OC2. The van der Waals surface area contributed by atoms with E-state index in [2.05, 4.69) is 6.07 Å². The number of nitrogens with two attached hydrogens (primary N) is 1. The van der Waals surface area contributed by atoms with E-state index in [-0.39, 0.29) is 6.54 Å². The molecule has 0 amide bonds. The normalized spacial score (nSPS) is 20.1. The summed E-state index contributed by atoms with van der Waals surface area (Å²) in [7, 11) is 0. The van der Waals surface area contributed by atoms with Gasteiger partial charge in [0.15, 0.2) is 0 Å². The van der Waals surface area contributed by atoms with Crippen LogP contribution in [0.1, 0.15) is 22.3 Å². The first kappa shape index (κ1) is 12.7. The third-order valence-electron chi connectivity index (χ3n) is 3.70. The average molecular weight is 266 g/mol. The Morgan fingerprint density at radius 3 is 2.80 bits per heavy atom. The van der Waals surface area contributed by atoms with Crippen molar-refractivity contribution in [1.82, 2.24) is 0 Å². The number of hydrogen-bond donors (Lipinski definition) is 2. The highest BCUT2D eigenvalue weighted by atomic mass is 16.5. The second kappa shape index (κ2) is 4.64. The molecule has 4 heteroatoms. The van der Waals surface area contributed by atoms with Crippen molar-refractivity contribution in [3.8, 4) is 11.8 Å². The van der Waals surface area contributed by atoms with Gasteiger partial charge in [0, 0.05) is 12.1 Å². The highest BCUT2D eigenvalue weighted by molar-refractivity contribution is 5.51. The average Bonchev–Trinajstić information content (AvgIpc) is 2.63. The molecule has 0 aromatic heterocycles. The van der Waals surface area contributed by atoms with Crippen molar-refractivity contribution in [3.05, 3.63) is 64.7 Å². The molecule has 0 fully saturated rings. The van der Waals surface area contributed by atoms with Crippen molar-refractivity contribution in [2.24, 2.45) is 5.73 Å². The minimum atomic E-state index is -1.34. The van der Waals surface area contributed by atoms with Crippen LogP contribution in [0.3, 0.4) is 0 Å². The van der Waals surface area contributed by atoms with E-state index in [0.29, 0.717) is 29.0 Å². The Bertz CT molecular complexity index is 706. The van der Waals surface area contributed by atoms with Crippen LogP contribution >= 0.6 is 0 Å². The Morgan fingerprint density at radius 2 is 2.05 bits per heavy atom.